The number of carbonyl (C=O) groups excluding carboxylic acids is 2. The van der Waals surface area contributed by atoms with Crippen molar-refractivity contribution >= 4 is 46.2 Å². The molecule has 2 bridgehead atoms. The minimum absolute atomic E-state index is 0.0323. The molecule has 12 atom stereocenters. The molecule has 3 fully saturated rings. The van der Waals surface area contributed by atoms with E-state index in [1.54, 1.807) is 38.3 Å². The molecule has 3 unspecified atom stereocenters. The molecule has 452 valence electrons. The van der Waals surface area contributed by atoms with Crippen molar-refractivity contribution in [1.82, 2.24) is 24.7 Å². The lowest BCUT2D eigenvalue weighted by atomic mass is 9.47. The predicted octanol–water partition coefficient (Wildman–Crippen LogP) is 5.83. The number of aliphatic hydroxyl groups excluding tert-OH is 1. The standard InChI is InChI=1S/C63H80N6O14S/c1-8-59(77)32-38-33-62(58(76)81-7,50-42(19-24-67(34-38)36-59)41-13-10-11-14-45(41)65-50)44-29-43-46(30-47(44)79-5)66(4)55-61(43)21-25-68-23-12-20-60(9-2,54(61)68)56(74)63(55,78)57(75)64-22-27-83-53(80-6)39-15-17-40(18-16-39)82-28-26-69-49(70)31-48(51(69)71)84-35-37(3)52(72)73/h10-18,20,29-31,37-38,53-56,65,70-71,74,77-78H,8-9,19,21-28,32-36H2,1-7H3,(H,64,75)(H,72,73)/t37?,38-,53?,54+,55-,56-,59+,60-,61-,62+,63+/m1/s1. The number of H-pyrrole nitrogens is 1. The molecule has 7 heterocycles. The summed E-state index contributed by atoms with van der Waals surface area (Å²) >= 11 is 1.14. The molecule has 1 aliphatic carbocycles. The summed E-state index contributed by atoms with van der Waals surface area (Å²) in [4.78, 5) is 53.0. The van der Waals surface area contributed by atoms with Crippen LogP contribution in [0.3, 0.4) is 0 Å². The minimum atomic E-state index is -2.40. The van der Waals surface area contributed by atoms with Gasteiger partial charge in [0.2, 0.25) is 5.88 Å². The van der Waals surface area contributed by atoms with E-state index in [0.29, 0.717) is 104 Å². The number of carboxylic acid groups (broad SMARTS) is 1. The molecule has 11 rings (SSSR count). The quantitative estimate of drug-likeness (QED) is 0.0150. The molecule has 3 aromatic carbocycles. The van der Waals surface area contributed by atoms with Gasteiger partial charge in [0.15, 0.2) is 17.8 Å². The van der Waals surface area contributed by atoms with Crippen molar-refractivity contribution in [3.05, 3.63) is 107 Å². The van der Waals surface area contributed by atoms with Crippen LogP contribution >= 0.6 is 11.8 Å². The number of thioether (sulfide) groups is 1. The van der Waals surface area contributed by atoms with Crippen LogP contribution in [0, 0.1) is 17.3 Å². The third kappa shape index (κ3) is 9.43. The molecule has 6 aliphatic rings. The highest BCUT2D eigenvalue weighted by atomic mass is 32.2. The zero-order valence-electron chi connectivity index (χ0n) is 48.9. The van der Waals surface area contributed by atoms with E-state index in [2.05, 4.69) is 32.2 Å². The van der Waals surface area contributed by atoms with Crippen molar-refractivity contribution in [1.29, 1.82) is 0 Å². The van der Waals surface area contributed by atoms with Crippen LogP contribution in [0.1, 0.15) is 87.1 Å². The van der Waals surface area contributed by atoms with Crippen LogP contribution < -0.4 is 19.7 Å². The second kappa shape index (κ2) is 22.8. The van der Waals surface area contributed by atoms with Crippen LogP contribution in [0.15, 0.2) is 83.8 Å². The number of amides is 1. The summed E-state index contributed by atoms with van der Waals surface area (Å²) in [6.45, 7) is 8.83. The number of anilines is 1. The van der Waals surface area contributed by atoms with Gasteiger partial charge in [0.25, 0.3) is 5.91 Å². The third-order valence-electron chi connectivity index (χ3n) is 19.7. The highest BCUT2D eigenvalue weighted by molar-refractivity contribution is 7.99. The largest absolute Gasteiger partial charge is 0.496 e. The van der Waals surface area contributed by atoms with E-state index in [9.17, 15) is 35.4 Å². The van der Waals surface area contributed by atoms with Gasteiger partial charge in [-0.1, -0.05) is 63.3 Å². The fraction of sp³-hybridized carbons (Fsp3) is 0.540. The number of likely N-dealkylation sites (N-methyl/N-ethyl adjacent to an activating group) is 1. The Morgan fingerprint density at radius 2 is 1.71 bits per heavy atom. The number of esters is 1. The number of methoxy groups -OCH3 is 3. The number of nitrogens with one attached hydrogen (secondary N) is 2. The number of rotatable bonds is 20. The maximum atomic E-state index is 15.6. The number of para-hydroxylation sites is 1. The Morgan fingerprint density at radius 1 is 0.940 bits per heavy atom. The van der Waals surface area contributed by atoms with E-state index >= 15 is 9.59 Å². The van der Waals surface area contributed by atoms with Gasteiger partial charge in [0.05, 0.1) is 49.8 Å². The molecule has 5 aliphatic heterocycles. The summed E-state index contributed by atoms with van der Waals surface area (Å²) in [5.41, 5.74) is -1.51. The third-order valence-corrected chi connectivity index (χ3v) is 21.0. The molecule has 2 aromatic heterocycles. The maximum Gasteiger partial charge on any atom is 0.322 e. The van der Waals surface area contributed by atoms with Gasteiger partial charge in [-0.2, -0.15) is 0 Å². The van der Waals surface area contributed by atoms with Gasteiger partial charge in [-0.25, -0.2) is 0 Å². The smallest absolute Gasteiger partial charge is 0.322 e. The maximum absolute atomic E-state index is 15.6. The topological polar surface area (TPSA) is 261 Å². The molecule has 1 spiro atoms. The first kappa shape index (κ1) is 59.4. The summed E-state index contributed by atoms with van der Waals surface area (Å²) in [6.07, 6.45) is 4.51. The predicted molar refractivity (Wildman–Crippen MR) is 315 cm³/mol. The zero-order valence-corrected chi connectivity index (χ0v) is 49.7. The second-order valence-electron chi connectivity index (χ2n) is 24.1. The second-order valence-corrected chi connectivity index (χ2v) is 25.2. The Labute approximate surface area is 493 Å². The molecule has 1 amide bonds. The first-order chi connectivity index (χ1) is 40.3. The lowest BCUT2D eigenvalue weighted by molar-refractivity contribution is -0.203. The monoisotopic (exact) mass is 1180 g/mol. The van der Waals surface area contributed by atoms with Gasteiger partial charge in [-0.05, 0) is 86.4 Å². The number of hydrogen-bond acceptors (Lipinski definition) is 17. The van der Waals surface area contributed by atoms with Crippen LogP contribution in [-0.2, 0) is 52.4 Å². The van der Waals surface area contributed by atoms with Crippen LogP contribution in [0.25, 0.3) is 10.9 Å². The molecule has 1 saturated carbocycles. The zero-order chi connectivity index (χ0) is 59.7. The van der Waals surface area contributed by atoms with Gasteiger partial charge in [-0.3, -0.25) is 28.8 Å². The van der Waals surface area contributed by atoms with Gasteiger partial charge in [-0.15, -0.1) is 11.8 Å². The van der Waals surface area contributed by atoms with Gasteiger partial charge in [0.1, 0.15) is 29.6 Å². The molecule has 5 aromatic rings. The van der Waals surface area contributed by atoms with Crippen molar-refractivity contribution in [2.45, 2.75) is 117 Å². The number of aliphatic carboxylic acids is 1. The first-order valence-corrected chi connectivity index (χ1v) is 30.3. The van der Waals surface area contributed by atoms with E-state index in [4.69, 9.17) is 23.7 Å². The average Bonchev–Trinajstić information content (AvgIpc) is 1.45. The summed E-state index contributed by atoms with van der Waals surface area (Å²) in [5, 5.41) is 73.3. The molecule has 20 nitrogen and oxygen atoms in total. The highest BCUT2D eigenvalue weighted by Crippen LogP contribution is 2.68. The number of fused-ring (bicyclic) bond motifs is 6. The first-order valence-electron chi connectivity index (χ1n) is 29.3. The van der Waals surface area contributed by atoms with E-state index in [1.165, 1.54) is 24.9 Å². The average molecular weight is 1180 g/mol. The summed E-state index contributed by atoms with van der Waals surface area (Å²) in [7, 11) is 6.38. The number of benzene rings is 3. The molecule has 84 heavy (non-hydrogen) atoms. The SMILES string of the molecule is CC[C@]1(O)C[C@H]2CN(CCc3c([nH]c4ccccc34)[C@@](C(=O)OC)(c3cc4c(cc3OC)N(C)[C@H]3[C@@](O)(C(=O)NCCOC(OC)c5ccc(OCCn6c(O)cc(SCC(C)C(=O)O)c6O)cc5)[C@H](O)[C@]5(CC)C=CCN6CC[C@]43[C@@H]65)C2)C1. The Bertz CT molecular complexity index is 3330. The van der Waals surface area contributed by atoms with Crippen molar-refractivity contribution in [3.8, 4) is 23.3 Å². The molecule has 0 radical (unpaired) electrons. The van der Waals surface area contributed by atoms with Crippen LogP contribution in [0.2, 0.25) is 0 Å². The molecule has 8 N–H and O–H groups in total. The number of aromatic nitrogens is 2. The fourth-order valence-corrected chi connectivity index (χ4v) is 16.9. The number of hydrogen-bond donors (Lipinski definition) is 8. The van der Waals surface area contributed by atoms with Crippen molar-refractivity contribution in [2.24, 2.45) is 17.3 Å². The van der Waals surface area contributed by atoms with E-state index in [1.807, 2.05) is 62.2 Å². The van der Waals surface area contributed by atoms with Crippen molar-refractivity contribution in [3.63, 3.8) is 0 Å². The number of carbonyl (C=O) groups is 3. The van der Waals surface area contributed by atoms with E-state index in [0.717, 1.165) is 39.5 Å². The summed E-state index contributed by atoms with van der Waals surface area (Å²) < 4.78 is 31.6. The lowest BCUT2D eigenvalue weighted by Gasteiger charge is -2.63. The Morgan fingerprint density at radius 3 is 2.43 bits per heavy atom. The van der Waals surface area contributed by atoms with E-state index in [-0.39, 0.29) is 55.8 Å². The number of aromatic hydroxyl groups is 2. The van der Waals surface area contributed by atoms with Crippen molar-refractivity contribution < 1.29 is 68.7 Å². The van der Waals surface area contributed by atoms with Crippen molar-refractivity contribution in [2.75, 3.05) is 91.5 Å². The number of carboxylic acids is 1. The highest BCUT2D eigenvalue weighted by Gasteiger charge is 2.78. The Balaban J connectivity index is 0.882. The fourth-order valence-electron chi connectivity index (χ4n) is 15.9. The Hall–Kier alpha value is -6.30. The molecule has 2 saturated heterocycles. The number of aliphatic hydroxyl groups is 3. The molecular formula is C63H80N6O14S. The summed E-state index contributed by atoms with van der Waals surface area (Å²) in [6, 6.07) is 19.2. The van der Waals surface area contributed by atoms with Gasteiger partial charge in [0, 0.05) is 115 Å². The summed E-state index contributed by atoms with van der Waals surface area (Å²) in [5.74, 6) is -2.16. The number of piperidine rings is 1. The minimum Gasteiger partial charge on any atom is -0.496 e. The van der Waals surface area contributed by atoms with Crippen LogP contribution in [0.5, 0.6) is 23.3 Å². The number of nitrogens with zero attached hydrogens (tertiary/aromatic N) is 4. The van der Waals surface area contributed by atoms with Crippen LogP contribution in [0.4, 0.5) is 5.69 Å². The molecular weight excluding hydrogens is 1100 g/mol. The van der Waals surface area contributed by atoms with E-state index < -0.39 is 69.6 Å². The van der Waals surface area contributed by atoms with Crippen LogP contribution in [-0.4, -0.2) is 184 Å². The molecule has 21 heteroatoms. The van der Waals surface area contributed by atoms with Gasteiger partial charge < -0.3 is 69.5 Å². The van der Waals surface area contributed by atoms with Gasteiger partial charge >= 0.3 is 11.9 Å². The normalized spacial score (nSPS) is 30.3. The Kier molecular flexibility index (Phi) is 16.2. The number of aromatic amines is 1. The number of ether oxygens (including phenoxy) is 5. The lowest BCUT2D eigenvalue weighted by Crippen LogP contribution is -2.81.